The standard InChI is InChI=1S/C10H12ClNO/c1-6(2)7-3-4-9(11)8(5-7)10(12)13/h3-6H,1-2H3,(H2,12,13). The molecule has 1 amide bonds. The summed E-state index contributed by atoms with van der Waals surface area (Å²) in [7, 11) is 0. The number of hydrogen-bond acceptors (Lipinski definition) is 1. The van der Waals surface area contributed by atoms with Crippen LogP contribution in [0.2, 0.25) is 5.02 Å². The molecule has 1 rings (SSSR count). The van der Waals surface area contributed by atoms with Crippen molar-refractivity contribution in [1.29, 1.82) is 0 Å². The van der Waals surface area contributed by atoms with Crippen LogP contribution in [0.25, 0.3) is 0 Å². The van der Waals surface area contributed by atoms with Crippen LogP contribution >= 0.6 is 11.6 Å². The summed E-state index contributed by atoms with van der Waals surface area (Å²) >= 11 is 5.80. The normalized spacial score (nSPS) is 10.5. The molecule has 0 atom stereocenters. The minimum atomic E-state index is -0.479. The van der Waals surface area contributed by atoms with Crippen molar-refractivity contribution in [2.24, 2.45) is 5.73 Å². The van der Waals surface area contributed by atoms with Crippen molar-refractivity contribution in [2.75, 3.05) is 0 Å². The maximum Gasteiger partial charge on any atom is 0.250 e. The van der Waals surface area contributed by atoms with Gasteiger partial charge in [-0.1, -0.05) is 31.5 Å². The van der Waals surface area contributed by atoms with Crippen LogP contribution in [-0.4, -0.2) is 5.91 Å². The van der Waals surface area contributed by atoms with Crippen molar-refractivity contribution >= 4 is 17.5 Å². The Bertz CT molecular complexity index is 334. The molecule has 0 aliphatic heterocycles. The van der Waals surface area contributed by atoms with E-state index in [1.165, 1.54) is 0 Å². The lowest BCUT2D eigenvalue weighted by Gasteiger charge is -2.07. The highest BCUT2D eigenvalue weighted by atomic mass is 35.5. The van der Waals surface area contributed by atoms with Gasteiger partial charge < -0.3 is 5.73 Å². The molecule has 1 aromatic rings. The van der Waals surface area contributed by atoms with Gasteiger partial charge in [0.05, 0.1) is 10.6 Å². The van der Waals surface area contributed by atoms with E-state index in [4.69, 9.17) is 17.3 Å². The van der Waals surface area contributed by atoms with Crippen LogP contribution in [0, 0.1) is 0 Å². The van der Waals surface area contributed by atoms with Gasteiger partial charge in [0.2, 0.25) is 5.91 Å². The number of carbonyl (C=O) groups is 1. The van der Waals surface area contributed by atoms with Crippen molar-refractivity contribution in [2.45, 2.75) is 19.8 Å². The lowest BCUT2D eigenvalue weighted by Crippen LogP contribution is -2.12. The Morgan fingerprint density at radius 1 is 1.46 bits per heavy atom. The number of halogens is 1. The Morgan fingerprint density at radius 3 is 2.54 bits per heavy atom. The number of benzene rings is 1. The third-order valence-corrected chi connectivity index (χ3v) is 2.25. The second kappa shape index (κ2) is 3.79. The van der Waals surface area contributed by atoms with Crippen LogP contribution < -0.4 is 5.73 Å². The van der Waals surface area contributed by atoms with E-state index in [2.05, 4.69) is 0 Å². The average Bonchev–Trinajstić information content (AvgIpc) is 2.04. The van der Waals surface area contributed by atoms with Crippen LogP contribution in [-0.2, 0) is 0 Å². The Labute approximate surface area is 82.7 Å². The zero-order valence-corrected chi connectivity index (χ0v) is 8.43. The SMILES string of the molecule is CC(C)c1ccc(Cl)c(C(N)=O)c1. The van der Waals surface area contributed by atoms with Gasteiger partial charge in [-0.2, -0.15) is 0 Å². The molecule has 0 aliphatic carbocycles. The molecule has 0 saturated heterocycles. The Kier molecular flexibility index (Phi) is 2.94. The van der Waals surface area contributed by atoms with E-state index in [9.17, 15) is 4.79 Å². The van der Waals surface area contributed by atoms with Crippen molar-refractivity contribution in [3.8, 4) is 0 Å². The molecule has 13 heavy (non-hydrogen) atoms. The van der Waals surface area contributed by atoms with Gasteiger partial charge in [0.25, 0.3) is 0 Å². The van der Waals surface area contributed by atoms with Crippen molar-refractivity contribution in [3.63, 3.8) is 0 Å². The number of amides is 1. The average molecular weight is 198 g/mol. The number of carbonyl (C=O) groups excluding carboxylic acids is 1. The Hall–Kier alpha value is -1.02. The molecule has 2 nitrogen and oxygen atoms in total. The van der Waals surface area contributed by atoms with E-state index in [0.717, 1.165) is 5.56 Å². The topological polar surface area (TPSA) is 43.1 Å². The molecule has 0 radical (unpaired) electrons. The molecule has 70 valence electrons. The highest BCUT2D eigenvalue weighted by Gasteiger charge is 2.08. The lowest BCUT2D eigenvalue weighted by atomic mass is 10.0. The van der Waals surface area contributed by atoms with Gasteiger partial charge in [0.1, 0.15) is 0 Å². The van der Waals surface area contributed by atoms with Crippen LogP contribution in [0.4, 0.5) is 0 Å². The molecule has 0 spiro atoms. The summed E-state index contributed by atoms with van der Waals surface area (Å²) in [5.41, 5.74) is 6.62. The fourth-order valence-electron chi connectivity index (χ4n) is 1.09. The number of rotatable bonds is 2. The predicted molar refractivity (Wildman–Crippen MR) is 54.1 cm³/mol. The summed E-state index contributed by atoms with van der Waals surface area (Å²) in [4.78, 5) is 10.9. The molecule has 0 heterocycles. The zero-order chi connectivity index (χ0) is 10.0. The monoisotopic (exact) mass is 197 g/mol. The van der Waals surface area contributed by atoms with E-state index in [-0.39, 0.29) is 0 Å². The first-order chi connectivity index (χ1) is 6.02. The summed E-state index contributed by atoms with van der Waals surface area (Å²) in [6.07, 6.45) is 0. The third kappa shape index (κ3) is 2.22. The first kappa shape index (κ1) is 10.1. The van der Waals surface area contributed by atoms with Gasteiger partial charge in [0, 0.05) is 0 Å². The lowest BCUT2D eigenvalue weighted by molar-refractivity contribution is 0.100. The summed E-state index contributed by atoms with van der Waals surface area (Å²) < 4.78 is 0. The molecular weight excluding hydrogens is 186 g/mol. The van der Waals surface area contributed by atoms with E-state index >= 15 is 0 Å². The van der Waals surface area contributed by atoms with Gasteiger partial charge in [-0.05, 0) is 23.6 Å². The predicted octanol–water partition coefficient (Wildman–Crippen LogP) is 2.56. The number of primary amides is 1. The quantitative estimate of drug-likeness (QED) is 0.778. The molecule has 0 unspecified atom stereocenters. The van der Waals surface area contributed by atoms with E-state index in [1.54, 1.807) is 12.1 Å². The molecule has 3 heteroatoms. The maximum atomic E-state index is 10.9. The fourth-order valence-corrected chi connectivity index (χ4v) is 1.30. The van der Waals surface area contributed by atoms with Gasteiger partial charge in [-0.3, -0.25) is 4.79 Å². The Morgan fingerprint density at radius 2 is 2.08 bits per heavy atom. The van der Waals surface area contributed by atoms with Crippen LogP contribution in [0.3, 0.4) is 0 Å². The van der Waals surface area contributed by atoms with Gasteiger partial charge in [0.15, 0.2) is 0 Å². The first-order valence-corrected chi connectivity index (χ1v) is 4.49. The van der Waals surface area contributed by atoms with Crippen molar-refractivity contribution in [1.82, 2.24) is 0 Å². The van der Waals surface area contributed by atoms with E-state index in [1.807, 2.05) is 19.9 Å². The molecule has 0 saturated carbocycles. The molecule has 0 aliphatic rings. The molecule has 0 fully saturated rings. The zero-order valence-electron chi connectivity index (χ0n) is 7.67. The van der Waals surface area contributed by atoms with Crippen LogP contribution in [0.1, 0.15) is 35.7 Å². The largest absolute Gasteiger partial charge is 0.366 e. The summed E-state index contributed by atoms with van der Waals surface area (Å²) in [5.74, 6) is -0.108. The minimum Gasteiger partial charge on any atom is -0.366 e. The Balaban J connectivity index is 3.19. The molecule has 1 aromatic carbocycles. The fraction of sp³-hybridized carbons (Fsp3) is 0.300. The van der Waals surface area contributed by atoms with E-state index < -0.39 is 5.91 Å². The third-order valence-electron chi connectivity index (χ3n) is 1.92. The van der Waals surface area contributed by atoms with Crippen LogP contribution in [0.5, 0.6) is 0 Å². The summed E-state index contributed by atoms with van der Waals surface area (Å²) in [6.45, 7) is 4.10. The first-order valence-electron chi connectivity index (χ1n) is 4.11. The number of hydrogen-bond donors (Lipinski definition) is 1. The second-order valence-corrected chi connectivity index (χ2v) is 3.67. The highest BCUT2D eigenvalue weighted by Crippen LogP contribution is 2.21. The van der Waals surface area contributed by atoms with Crippen molar-refractivity contribution in [3.05, 3.63) is 34.3 Å². The van der Waals surface area contributed by atoms with Gasteiger partial charge >= 0.3 is 0 Å². The van der Waals surface area contributed by atoms with Gasteiger partial charge in [-0.15, -0.1) is 0 Å². The van der Waals surface area contributed by atoms with E-state index in [0.29, 0.717) is 16.5 Å². The molecule has 0 aromatic heterocycles. The smallest absolute Gasteiger partial charge is 0.250 e. The van der Waals surface area contributed by atoms with Crippen LogP contribution in [0.15, 0.2) is 18.2 Å². The summed E-state index contributed by atoms with van der Waals surface area (Å²) in [5, 5.41) is 0.414. The molecule has 0 bridgehead atoms. The molecule has 2 N–H and O–H groups in total. The van der Waals surface area contributed by atoms with Crippen molar-refractivity contribution < 1.29 is 4.79 Å². The highest BCUT2D eigenvalue weighted by molar-refractivity contribution is 6.33. The molecular formula is C10H12ClNO. The number of nitrogens with two attached hydrogens (primary N) is 1. The summed E-state index contributed by atoms with van der Waals surface area (Å²) in [6, 6.07) is 5.35. The minimum absolute atomic E-state index is 0.371. The second-order valence-electron chi connectivity index (χ2n) is 3.26. The maximum absolute atomic E-state index is 10.9. The van der Waals surface area contributed by atoms with Gasteiger partial charge in [-0.25, -0.2) is 0 Å².